The summed E-state index contributed by atoms with van der Waals surface area (Å²) in [5.74, 6) is 1.90. The topological polar surface area (TPSA) is 64.4 Å². The first-order valence-electron chi connectivity index (χ1n) is 12.7. The molecule has 3 aromatic carbocycles. The number of hydrogen-bond acceptors (Lipinski definition) is 4. The van der Waals surface area contributed by atoms with Crippen molar-refractivity contribution < 1.29 is 13.9 Å². The third-order valence-electron chi connectivity index (χ3n) is 6.89. The van der Waals surface area contributed by atoms with Crippen LogP contribution in [0.2, 0.25) is 5.02 Å². The van der Waals surface area contributed by atoms with Gasteiger partial charge in [0, 0.05) is 5.69 Å². The molecule has 0 saturated heterocycles. The number of rotatable bonds is 7. The second-order valence-corrected chi connectivity index (χ2v) is 10.2. The van der Waals surface area contributed by atoms with E-state index < -0.39 is 0 Å². The van der Waals surface area contributed by atoms with E-state index >= 15 is 0 Å². The normalized spacial score (nSPS) is 14.3. The summed E-state index contributed by atoms with van der Waals surface area (Å²) in [4.78, 5) is 17.2. The Hall–Kier alpha value is -3.31. The fraction of sp³-hybridized carbons (Fsp3) is 0.333. The summed E-state index contributed by atoms with van der Waals surface area (Å²) in [6, 6.07) is 19.4. The molecule has 1 aliphatic carbocycles. The Kier molecular flexibility index (Phi) is 7.28. The maximum Gasteiger partial charge on any atom is 0.262 e. The summed E-state index contributed by atoms with van der Waals surface area (Å²) in [5.41, 5.74) is 5.25. The Bertz CT molecular complexity index is 1350. The van der Waals surface area contributed by atoms with Crippen molar-refractivity contribution in [2.24, 2.45) is 0 Å². The molecule has 36 heavy (non-hydrogen) atoms. The van der Waals surface area contributed by atoms with Crippen molar-refractivity contribution in [1.82, 2.24) is 4.98 Å². The number of carbonyl (C=O) groups is 1. The molecule has 0 bridgehead atoms. The van der Waals surface area contributed by atoms with Gasteiger partial charge in [-0.05, 0) is 78.3 Å². The number of nitrogens with one attached hydrogen (secondary N) is 1. The molecule has 1 N–H and O–H groups in total. The van der Waals surface area contributed by atoms with E-state index in [0.717, 1.165) is 5.52 Å². The van der Waals surface area contributed by atoms with Gasteiger partial charge in [-0.25, -0.2) is 4.98 Å². The molecule has 4 aromatic rings. The molecule has 1 aliphatic rings. The van der Waals surface area contributed by atoms with Crippen LogP contribution >= 0.6 is 11.6 Å². The third kappa shape index (κ3) is 5.57. The van der Waals surface area contributed by atoms with Gasteiger partial charge in [0.15, 0.2) is 12.2 Å². The zero-order valence-electron chi connectivity index (χ0n) is 20.7. The number of carbonyl (C=O) groups excluding carboxylic acids is 1. The largest absolute Gasteiger partial charge is 0.484 e. The van der Waals surface area contributed by atoms with Crippen molar-refractivity contribution in [1.29, 1.82) is 0 Å². The number of nitrogens with zero attached hydrogens (tertiary/aromatic N) is 1. The monoisotopic (exact) mass is 502 g/mol. The van der Waals surface area contributed by atoms with Gasteiger partial charge in [0.2, 0.25) is 5.89 Å². The van der Waals surface area contributed by atoms with Crippen molar-refractivity contribution >= 4 is 34.3 Å². The summed E-state index contributed by atoms with van der Waals surface area (Å²) in [5, 5.41) is 3.38. The number of hydrogen-bond donors (Lipinski definition) is 1. The van der Waals surface area contributed by atoms with E-state index in [0.29, 0.717) is 45.3 Å². The van der Waals surface area contributed by atoms with Gasteiger partial charge in [-0.2, -0.15) is 0 Å². The van der Waals surface area contributed by atoms with Crippen LogP contribution in [-0.4, -0.2) is 17.5 Å². The molecular weight excluding hydrogens is 472 g/mol. The molecule has 1 fully saturated rings. The van der Waals surface area contributed by atoms with E-state index in [-0.39, 0.29) is 12.5 Å². The van der Waals surface area contributed by atoms with E-state index in [2.05, 4.69) is 36.3 Å². The van der Waals surface area contributed by atoms with E-state index in [9.17, 15) is 4.79 Å². The van der Waals surface area contributed by atoms with Gasteiger partial charge in [0.05, 0.1) is 10.6 Å². The SMILES string of the molecule is CC(C)c1ccc2oc(-c3cc(NC(=O)COc4ccc(C5CCCCC5)cc4)ccc3Cl)nc2c1. The smallest absolute Gasteiger partial charge is 0.262 e. The van der Waals surface area contributed by atoms with Gasteiger partial charge < -0.3 is 14.5 Å². The number of fused-ring (bicyclic) bond motifs is 1. The highest BCUT2D eigenvalue weighted by atomic mass is 35.5. The minimum absolute atomic E-state index is 0.0817. The van der Waals surface area contributed by atoms with Crippen LogP contribution in [0.25, 0.3) is 22.6 Å². The molecule has 5 rings (SSSR count). The highest BCUT2D eigenvalue weighted by molar-refractivity contribution is 6.33. The number of benzene rings is 3. The van der Waals surface area contributed by atoms with Crippen molar-refractivity contribution in [3.8, 4) is 17.2 Å². The average Bonchev–Trinajstić information content (AvgIpc) is 3.33. The number of halogens is 1. The summed E-state index contributed by atoms with van der Waals surface area (Å²) in [7, 11) is 0. The maximum atomic E-state index is 12.6. The van der Waals surface area contributed by atoms with E-state index in [1.165, 1.54) is 43.2 Å². The minimum Gasteiger partial charge on any atom is -0.484 e. The van der Waals surface area contributed by atoms with Crippen LogP contribution < -0.4 is 10.1 Å². The first-order chi connectivity index (χ1) is 17.5. The molecule has 0 radical (unpaired) electrons. The molecule has 186 valence electrons. The molecule has 0 atom stereocenters. The van der Waals surface area contributed by atoms with Crippen molar-refractivity contribution in [2.45, 2.75) is 57.8 Å². The van der Waals surface area contributed by atoms with Gasteiger partial charge >= 0.3 is 0 Å². The summed E-state index contributed by atoms with van der Waals surface area (Å²) in [6.07, 6.45) is 6.47. The molecule has 1 saturated carbocycles. The third-order valence-corrected chi connectivity index (χ3v) is 7.22. The number of anilines is 1. The second-order valence-electron chi connectivity index (χ2n) is 9.84. The molecular formula is C30H31ClN2O3. The van der Waals surface area contributed by atoms with Gasteiger partial charge in [0.1, 0.15) is 11.3 Å². The van der Waals surface area contributed by atoms with Crippen molar-refractivity contribution in [2.75, 3.05) is 11.9 Å². The van der Waals surface area contributed by atoms with Gasteiger partial charge in [-0.15, -0.1) is 0 Å². The van der Waals surface area contributed by atoms with Gasteiger partial charge in [0.25, 0.3) is 5.91 Å². The predicted molar refractivity (Wildman–Crippen MR) is 145 cm³/mol. The van der Waals surface area contributed by atoms with E-state index in [1.807, 2.05) is 30.3 Å². The van der Waals surface area contributed by atoms with Crippen LogP contribution in [0.1, 0.15) is 68.9 Å². The Labute approximate surface area is 216 Å². The second kappa shape index (κ2) is 10.8. The lowest BCUT2D eigenvalue weighted by molar-refractivity contribution is -0.118. The standard InChI is InChI=1S/C30H31ClN2O3/c1-19(2)22-10-15-28-27(16-22)33-30(36-28)25-17-23(11-14-26(25)31)32-29(34)18-35-24-12-8-21(9-13-24)20-6-4-3-5-7-20/h8-17,19-20H,3-7,18H2,1-2H3,(H,32,34). The lowest BCUT2D eigenvalue weighted by atomic mass is 9.84. The Morgan fingerprint density at radius 3 is 2.58 bits per heavy atom. The number of oxazole rings is 1. The molecule has 0 spiro atoms. The molecule has 1 aromatic heterocycles. The molecule has 1 heterocycles. The van der Waals surface area contributed by atoms with Crippen molar-refractivity contribution in [3.63, 3.8) is 0 Å². The summed E-state index contributed by atoms with van der Waals surface area (Å²) >= 11 is 6.45. The summed E-state index contributed by atoms with van der Waals surface area (Å²) < 4.78 is 11.7. The fourth-order valence-electron chi connectivity index (χ4n) is 4.80. The average molecular weight is 503 g/mol. The van der Waals surface area contributed by atoms with Gasteiger partial charge in [-0.3, -0.25) is 4.79 Å². The lowest BCUT2D eigenvalue weighted by Crippen LogP contribution is -2.20. The van der Waals surface area contributed by atoms with Crippen LogP contribution in [0.5, 0.6) is 5.75 Å². The maximum absolute atomic E-state index is 12.6. The Morgan fingerprint density at radius 2 is 1.83 bits per heavy atom. The van der Waals surface area contributed by atoms with E-state index in [4.69, 9.17) is 20.8 Å². The zero-order chi connectivity index (χ0) is 25.1. The number of ether oxygens (including phenoxy) is 1. The minimum atomic E-state index is -0.251. The van der Waals surface area contributed by atoms with E-state index in [1.54, 1.807) is 18.2 Å². The lowest BCUT2D eigenvalue weighted by Gasteiger charge is -2.22. The fourth-order valence-corrected chi connectivity index (χ4v) is 5.00. The molecule has 6 heteroatoms. The highest BCUT2D eigenvalue weighted by Gasteiger charge is 2.16. The van der Waals surface area contributed by atoms with Gasteiger partial charge in [-0.1, -0.05) is 62.9 Å². The quantitative estimate of drug-likeness (QED) is 0.276. The van der Waals surface area contributed by atoms with Crippen LogP contribution in [0.3, 0.4) is 0 Å². The summed E-state index contributed by atoms with van der Waals surface area (Å²) in [6.45, 7) is 4.20. The molecule has 0 unspecified atom stereocenters. The van der Waals surface area contributed by atoms with Crippen LogP contribution in [0, 0.1) is 0 Å². The first-order valence-corrected chi connectivity index (χ1v) is 13.1. The highest BCUT2D eigenvalue weighted by Crippen LogP contribution is 2.34. The van der Waals surface area contributed by atoms with Crippen LogP contribution in [0.4, 0.5) is 5.69 Å². The first kappa shape index (κ1) is 24.4. The van der Waals surface area contributed by atoms with Crippen LogP contribution in [-0.2, 0) is 4.79 Å². The predicted octanol–water partition coefficient (Wildman–Crippen LogP) is 8.34. The zero-order valence-corrected chi connectivity index (χ0v) is 21.5. The molecule has 1 amide bonds. The van der Waals surface area contributed by atoms with Crippen LogP contribution in [0.15, 0.2) is 65.1 Å². The number of aromatic nitrogens is 1. The van der Waals surface area contributed by atoms with Crippen molar-refractivity contribution in [3.05, 3.63) is 76.8 Å². The molecule has 5 nitrogen and oxygen atoms in total. The Balaban J connectivity index is 1.23. The molecule has 0 aliphatic heterocycles. The number of amides is 1. The Morgan fingerprint density at radius 1 is 1.06 bits per heavy atom.